The van der Waals surface area contributed by atoms with Crippen LogP contribution in [0.2, 0.25) is 0 Å². The second kappa shape index (κ2) is 8.18. The molecule has 5 N–H and O–H groups in total. The standard InChI is InChI=1S/C22H27N5O4S/c1-22(7-4-8-22)27-21-25-18(23-13-9-11(10-28)16(29)17(13)30)15(19(31)26-21)20-24-12-5-2-3-6-14(12)32-20/h2-3,5-6,11,13,15-17,28-30H,4,7-10H2,1H3,(H2,23,25,26,27,31)/t11-,13-,15?,16-,17+/m1/s1. The van der Waals surface area contributed by atoms with Gasteiger partial charge in [-0.1, -0.05) is 12.1 Å². The van der Waals surface area contributed by atoms with Crippen molar-refractivity contribution in [3.8, 4) is 0 Å². The van der Waals surface area contributed by atoms with Crippen molar-refractivity contribution in [1.29, 1.82) is 0 Å². The van der Waals surface area contributed by atoms with Crippen molar-refractivity contribution < 1.29 is 20.1 Å². The van der Waals surface area contributed by atoms with Crippen LogP contribution in [0.4, 0.5) is 0 Å². The Labute approximate surface area is 189 Å². The summed E-state index contributed by atoms with van der Waals surface area (Å²) < 4.78 is 0.966. The van der Waals surface area contributed by atoms with E-state index in [1.54, 1.807) is 0 Å². The van der Waals surface area contributed by atoms with E-state index in [-0.39, 0.29) is 18.1 Å². The first-order chi connectivity index (χ1) is 15.4. The molecule has 0 bridgehead atoms. The molecule has 1 aliphatic heterocycles. The third-order valence-electron chi connectivity index (χ3n) is 6.70. The summed E-state index contributed by atoms with van der Waals surface area (Å²) in [4.78, 5) is 27.3. The van der Waals surface area contributed by atoms with Crippen LogP contribution in [0.15, 0.2) is 34.3 Å². The van der Waals surface area contributed by atoms with Crippen molar-refractivity contribution in [2.24, 2.45) is 15.9 Å². The number of aliphatic imine (C=N–C) groups is 2. The molecule has 1 amide bonds. The fraction of sp³-hybridized carbons (Fsp3) is 0.545. The minimum atomic E-state index is -1.12. The number of guanidine groups is 1. The van der Waals surface area contributed by atoms with E-state index in [1.807, 2.05) is 24.3 Å². The summed E-state index contributed by atoms with van der Waals surface area (Å²) in [6.07, 6.45) is 1.15. The summed E-state index contributed by atoms with van der Waals surface area (Å²) in [6.45, 7) is 1.82. The molecule has 1 aromatic heterocycles. The number of amides is 1. The molecule has 1 unspecified atom stereocenters. The van der Waals surface area contributed by atoms with E-state index in [9.17, 15) is 20.1 Å². The number of nitrogens with zero attached hydrogens (tertiary/aromatic N) is 3. The lowest BCUT2D eigenvalue weighted by atomic mass is 9.79. The van der Waals surface area contributed by atoms with E-state index >= 15 is 0 Å². The lowest BCUT2D eigenvalue weighted by Gasteiger charge is -2.36. The second-order valence-corrected chi connectivity index (χ2v) is 10.2. The number of aliphatic hydroxyl groups excluding tert-OH is 3. The smallest absolute Gasteiger partial charge is 0.244 e. The number of rotatable bonds is 4. The number of aliphatic hydroxyl groups is 3. The Balaban J connectivity index is 1.52. The molecular formula is C22H27N5O4S. The van der Waals surface area contributed by atoms with Crippen LogP contribution in [0.5, 0.6) is 0 Å². The third-order valence-corrected chi connectivity index (χ3v) is 7.81. The van der Waals surface area contributed by atoms with Gasteiger partial charge >= 0.3 is 0 Å². The molecule has 1 saturated heterocycles. The SMILES string of the molecule is CC1(N=C2NC(=O)C(c3nc4ccccc4s3)C(=N[C@@H]3C[C@H](CO)[C@@H](O)[C@H]3O)N2)CCC1. The Hall–Kier alpha value is -2.40. The van der Waals surface area contributed by atoms with Crippen LogP contribution in [-0.4, -0.2) is 68.4 Å². The number of fused-ring (bicyclic) bond motifs is 1. The predicted octanol–water partition coefficient (Wildman–Crippen LogP) is 0.899. The highest BCUT2D eigenvalue weighted by atomic mass is 32.1. The fourth-order valence-corrected chi connectivity index (χ4v) is 5.67. The molecule has 32 heavy (non-hydrogen) atoms. The Morgan fingerprint density at radius 2 is 2.00 bits per heavy atom. The zero-order valence-corrected chi connectivity index (χ0v) is 18.5. The summed E-state index contributed by atoms with van der Waals surface area (Å²) in [5.41, 5.74) is 0.590. The quantitative estimate of drug-likeness (QED) is 0.462. The predicted molar refractivity (Wildman–Crippen MR) is 122 cm³/mol. The average Bonchev–Trinajstić information content (AvgIpc) is 3.28. The van der Waals surface area contributed by atoms with Gasteiger partial charge in [-0.05, 0) is 44.7 Å². The number of hydrogen-bond donors (Lipinski definition) is 5. The molecule has 0 radical (unpaired) electrons. The first-order valence-corrected chi connectivity index (χ1v) is 11.8. The van der Waals surface area contributed by atoms with Gasteiger partial charge in [0.15, 0.2) is 0 Å². The van der Waals surface area contributed by atoms with Gasteiger partial charge < -0.3 is 20.6 Å². The van der Waals surface area contributed by atoms with E-state index < -0.39 is 30.1 Å². The number of hydrogen-bond acceptors (Lipinski definition) is 8. The zero-order valence-electron chi connectivity index (χ0n) is 17.7. The first kappa shape index (κ1) is 21.4. The Morgan fingerprint density at radius 1 is 1.22 bits per heavy atom. The minimum absolute atomic E-state index is 0.214. The van der Waals surface area contributed by atoms with Crippen molar-refractivity contribution in [2.45, 2.75) is 62.3 Å². The van der Waals surface area contributed by atoms with Crippen LogP contribution in [0.3, 0.4) is 0 Å². The summed E-state index contributed by atoms with van der Waals surface area (Å²) in [6, 6.07) is 7.03. The number of para-hydroxylation sites is 1. The largest absolute Gasteiger partial charge is 0.396 e. The van der Waals surface area contributed by atoms with Crippen molar-refractivity contribution in [2.75, 3.05) is 6.61 Å². The van der Waals surface area contributed by atoms with Crippen LogP contribution in [0, 0.1) is 5.92 Å². The molecule has 2 aliphatic carbocycles. The molecular weight excluding hydrogens is 430 g/mol. The molecule has 1 aromatic carbocycles. The molecule has 5 atom stereocenters. The monoisotopic (exact) mass is 457 g/mol. The summed E-state index contributed by atoms with van der Waals surface area (Å²) in [5, 5.41) is 36.8. The normalized spacial score (nSPS) is 34.5. The van der Waals surface area contributed by atoms with E-state index in [4.69, 9.17) is 4.99 Å². The molecule has 5 rings (SSSR count). The van der Waals surface area contributed by atoms with E-state index in [0.717, 1.165) is 29.5 Å². The Bertz CT molecular complexity index is 1060. The zero-order chi connectivity index (χ0) is 22.5. The van der Waals surface area contributed by atoms with Gasteiger partial charge in [-0.3, -0.25) is 15.1 Å². The van der Waals surface area contributed by atoms with Crippen LogP contribution < -0.4 is 10.6 Å². The van der Waals surface area contributed by atoms with Crippen molar-refractivity contribution in [1.82, 2.24) is 15.6 Å². The number of carbonyl (C=O) groups is 1. The molecule has 10 heteroatoms. The van der Waals surface area contributed by atoms with Gasteiger partial charge in [0.25, 0.3) is 0 Å². The number of thiazole rings is 1. The highest BCUT2D eigenvalue weighted by molar-refractivity contribution is 7.18. The van der Waals surface area contributed by atoms with E-state index in [0.29, 0.717) is 23.2 Å². The molecule has 9 nitrogen and oxygen atoms in total. The van der Waals surface area contributed by atoms with Crippen LogP contribution in [0.25, 0.3) is 10.2 Å². The van der Waals surface area contributed by atoms with Gasteiger partial charge in [-0.25, -0.2) is 9.98 Å². The van der Waals surface area contributed by atoms with Crippen molar-refractivity contribution in [3.63, 3.8) is 0 Å². The molecule has 170 valence electrons. The number of benzene rings is 1. The lowest BCUT2D eigenvalue weighted by Crippen LogP contribution is -2.57. The van der Waals surface area contributed by atoms with E-state index in [2.05, 4.69) is 27.5 Å². The average molecular weight is 458 g/mol. The number of amidine groups is 1. The van der Waals surface area contributed by atoms with Gasteiger partial charge in [0.05, 0.1) is 27.9 Å². The first-order valence-electron chi connectivity index (χ1n) is 10.9. The molecule has 2 saturated carbocycles. The topological polar surface area (TPSA) is 139 Å². The number of carbonyl (C=O) groups excluding carboxylic acids is 1. The van der Waals surface area contributed by atoms with Crippen LogP contribution in [-0.2, 0) is 4.79 Å². The maximum absolute atomic E-state index is 13.2. The summed E-state index contributed by atoms with van der Waals surface area (Å²) in [5.74, 6) is -0.822. The maximum Gasteiger partial charge on any atom is 0.244 e. The van der Waals surface area contributed by atoms with Gasteiger partial charge in [-0.2, -0.15) is 0 Å². The van der Waals surface area contributed by atoms with Gasteiger partial charge in [-0.15, -0.1) is 11.3 Å². The maximum atomic E-state index is 13.2. The summed E-state index contributed by atoms with van der Waals surface area (Å²) >= 11 is 1.42. The fourth-order valence-electron chi connectivity index (χ4n) is 4.60. The van der Waals surface area contributed by atoms with Crippen LogP contribution >= 0.6 is 11.3 Å². The molecule has 3 aliphatic rings. The van der Waals surface area contributed by atoms with Crippen molar-refractivity contribution in [3.05, 3.63) is 29.3 Å². The number of nitrogens with one attached hydrogen (secondary N) is 2. The van der Waals surface area contributed by atoms with E-state index in [1.165, 1.54) is 11.3 Å². The van der Waals surface area contributed by atoms with Gasteiger partial charge in [0.1, 0.15) is 22.9 Å². The molecule has 0 spiro atoms. The van der Waals surface area contributed by atoms with Gasteiger partial charge in [0.2, 0.25) is 11.9 Å². The second-order valence-electron chi connectivity index (χ2n) is 9.12. The Kier molecular flexibility index (Phi) is 5.48. The highest BCUT2D eigenvalue weighted by Crippen LogP contribution is 2.36. The summed E-state index contributed by atoms with van der Waals surface area (Å²) in [7, 11) is 0. The lowest BCUT2D eigenvalue weighted by molar-refractivity contribution is -0.120. The highest BCUT2D eigenvalue weighted by Gasteiger charge is 2.43. The Morgan fingerprint density at radius 3 is 2.66 bits per heavy atom. The van der Waals surface area contributed by atoms with Gasteiger partial charge in [0, 0.05) is 12.5 Å². The minimum Gasteiger partial charge on any atom is -0.396 e. The third kappa shape index (κ3) is 3.81. The number of aromatic nitrogens is 1. The molecule has 2 heterocycles. The molecule has 3 fully saturated rings. The van der Waals surface area contributed by atoms with Crippen molar-refractivity contribution >= 4 is 39.3 Å². The van der Waals surface area contributed by atoms with Crippen LogP contribution in [0.1, 0.15) is 43.5 Å². The molecule has 2 aromatic rings.